The van der Waals surface area contributed by atoms with E-state index in [0.29, 0.717) is 0 Å². The second-order valence-corrected chi connectivity index (χ2v) is 12.8. The number of hydrogen-bond donors (Lipinski definition) is 3. The highest BCUT2D eigenvalue weighted by Gasteiger charge is 2.20. The Bertz CT molecular complexity index is 1340. The van der Waals surface area contributed by atoms with Crippen LogP contribution in [0.5, 0.6) is 23.0 Å². The zero-order valence-electron chi connectivity index (χ0n) is 31.8. The Morgan fingerprint density at radius 2 is 0.755 bits per heavy atom. The first-order valence-corrected chi connectivity index (χ1v) is 17.6. The topological polar surface area (TPSA) is 115 Å². The van der Waals surface area contributed by atoms with E-state index < -0.39 is 12.2 Å². The first kappa shape index (κ1) is 50.7. The number of ketones is 1. The van der Waals surface area contributed by atoms with Gasteiger partial charge in [-0.2, -0.15) is 0 Å². The van der Waals surface area contributed by atoms with Crippen LogP contribution in [0.25, 0.3) is 0 Å². The zero-order chi connectivity index (χ0) is 38.2. The quantitative estimate of drug-likeness (QED) is 0.117. The highest BCUT2D eigenvalue weighted by atomic mass is 16.5. The Balaban J connectivity index is 0. The third-order valence-electron chi connectivity index (χ3n) is 7.42. The molecule has 0 heterocycles. The van der Waals surface area contributed by atoms with Crippen LogP contribution >= 0.6 is 0 Å². The molecule has 0 aliphatic heterocycles. The minimum Gasteiger partial charge on any atom is -0.488 e. The summed E-state index contributed by atoms with van der Waals surface area (Å²) in [5, 5.41) is 28.1. The number of hydrogen-bond acceptors (Lipinski definition) is 8. The molecule has 0 radical (unpaired) electrons. The molecule has 4 aromatic rings. The van der Waals surface area contributed by atoms with Crippen LogP contribution in [0.15, 0.2) is 121 Å². The van der Waals surface area contributed by atoms with E-state index >= 15 is 0 Å². The molecule has 0 bridgehead atoms. The van der Waals surface area contributed by atoms with Crippen LogP contribution in [0.2, 0.25) is 0 Å². The van der Waals surface area contributed by atoms with Crippen molar-refractivity contribution in [2.45, 2.75) is 114 Å². The molecule has 8 heteroatoms. The van der Waals surface area contributed by atoms with E-state index in [2.05, 4.69) is 0 Å². The lowest BCUT2D eigenvalue weighted by Crippen LogP contribution is -2.32. The van der Waals surface area contributed by atoms with Crippen molar-refractivity contribution < 1.29 is 39.1 Å². The Morgan fingerprint density at radius 3 is 1.00 bits per heavy atom. The van der Waals surface area contributed by atoms with Crippen molar-refractivity contribution in [3.8, 4) is 23.0 Å². The number of carbonyl (C=O) groups is 1. The fourth-order valence-electron chi connectivity index (χ4n) is 4.21. The smallest absolute Gasteiger partial charge is 0.169 e. The van der Waals surface area contributed by atoms with Crippen LogP contribution in [0.3, 0.4) is 0 Å². The molecule has 6 atom stereocenters. The molecule has 0 amide bonds. The minimum atomic E-state index is -0.421. The number of aliphatic hydroxyl groups is 3. The molecule has 4 aromatic carbocycles. The highest BCUT2D eigenvalue weighted by molar-refractivity contribution is 5.80. The van der Waals surface area contributed by atoms with Crippen LogP contribution in [-0.4, -0.2) is 64.3 Å². The van der Waals surface area contributed by atoms with Crippen molar-refractivity contribution in [1.29, 1.82) is 0 Å². The molecule has 0 aliphatic rings. The molecule has 0 spiro atoms. The fraction of sp³-hybridized carbons (Fsp3) is 0.444. The molecule has 0 saturated carbocycles. The van der Waals surface area contributed by atoms with Gasteiger partial charge in [0, 0.05) is 0 Å². The molecule has 0 aromatic heterocycles. The van der Waals surface area contributed by atoms with Gasteiger partial charge in [0.05, 0.1) is 18.8 Å². The van der Waals surface area contributed by atoms with Crippen molar-refractivity contribution in [2.75, 3.05) is 6.61 Å². The van der Waals surface area contributed by atoms with Crippen molar-refractivity contribution in [1.82, 2.24) is 0 Å². The Labute approximate surface area is 320 Å². The van der Waals surface area contributed by atoms with Gasteiger partial charge >= 0.3 is 0 Å². The maximum absolute atomic E-state index is 10.8. The summed E-state index contributed by atoms with van der Waals surface area (Å²) in [5.74, 6) is 3.62. The third kappa shape index (κ3) is 23.0. The van der Waals surface area contributed by atoms with Crippen molar-refractivity contribution in [3.05, 3.63) is 121 Å². The lowest BCUT2D eigenvalue weighted by molar-refractivity contribution is -0.122. The Kier molecular flexibility index (Phi) is 27.9. The van der Waals surface area contributed by atoms with E-state index in [1.165, 1.54) is 6.92 Å². The number of rotatable bonds is 14. The Morgan fingerprint density at radius 1 is 0.491 bits per heavy atom. The van der Waals surface area contributed by atoms with E-state index in [4.69, 9.17) is 24.1 Å². The number of carbonyl (C=O) groups excluding carboxylic acids is 1. The van der Waals surface area contributed by atoms with Gasteiger partial charge in [0.1, 0.15) is 41.3 Å². The van der Waals surface area contributed by atoms with E-state index in [-0.39, 0.29) is 63.5 Å². The molecule has 53 heavy (non-hydrogen) atoms. The van der Waals surface area contributed by atoms with E-state index in [0.717, 1.165) is 23.0 Å². The molecule has 4 rings (SSSR count). The van der Waals surface area contributed by atoms with E-state index in [9.17, 15) is 15.0 Å². The predicted octanol–water partition coefficient (Wildman–Crippen LogP) is 9.70. The number of Topliss-reactive ketones (excluding diaryl/α,β-unsaturated/α-hetero) is 1. The summed E-state index contributed by atoms with van der Waals surface area (Å²) in [5.41, 5.74) is 0. The second kappa shape index (κ2) is 29.1. The number of ether oxygens (including phenoxy) is 4. The maximum Gasteiger partial charge on any atom is 0.169 e. The Hall–Kier alpha value is -4.37. The number of para-hydroxylation sites is 4. The van der Waals surface area contributed by atoms with Crippen molar-refractivity contribution in [3.63, 3.8) is 0 Å². The van der Waals surface area contributed by atoms with Crippen LogP contribution in [-0.2, 0) is 4.79 Å². The summed E-state index contributed by atoms with van der Waals surface area (Å²) < 4.78 is 21.8. The van der Waals surface area contributed by atoms with Crippen LogP contribution in [0.1, 0.15) is 77.2 Å². The molecule has 3 N–H and O–H groups in total. The largest absolute Gasteiger partial charge is 0.488 e. The molecule has 0 aliphatic carbocycles. The average Bonchev–Trinajstić information content (AvgIpc) is 3.13. The number of aliphatic hydroxyl groups excluding tert-OH is 3. The average molecular weight is 737 g/mol. The van der Waals surface area contributed by atoms with Gasteiger partial charge in [0.2, 0.25) is 0 Å². The first-order valence-electron chi connectivity index (χ1n) is 17.6. The summed E-state index contributed by atoms with van der Waals surface area (Å²) in [6.07, 6.45) is -1.66. The highest BCUT2D eigenvalue weighted by Crippen LogP contribution is 2.17. The molecular weight excluding hydrogens is 668 g/mol. The summed E-state index contributed by atoms with van der Waals surface area (Å²) in [4.78, 5) is 10.8. The van der Waals surface area contributed by atoms with Gasteiger partial charge in [-0.15, -0.1) is 0 Å². The summed E-state index contributed by atoms with van der Waals surface area (Å²) >= 11 is 0. The fourth-order valence-corrected chi connectivity index (χ4v) is 4.21. The number of benzene rings is 4. The van der Waals surface area contributed by atoms with E-state index in [1.54, 1.807) is 6.92 Å². The molecule has 0 fully saturated rings. The SMILES string of the molecule is C.C.CC(=O)[C@H](C)Oc1ccccc1.CC(C)[C@@H](O)[C@H](C)Oc1ccccc1.CC(C)[C@H](O)[C@H](C)Oc1ccccc1.C[C@@H](CO)Oc1ccccc1. The predicted molar refractivity (Wildman–Crippen MR) is 219 cm³/mol. The summed E-state index contributed by atoms with van der Waals surface area (Å²) in [7, 11) is 0. The molecule has 8 nitrogen and oxygen atoms in total. The minimum absolute atomic E-state index is 0. The monoisotopic (exact) mass is 736 g/mol. The first-order chi connectivity index (χ1) is 24.2. The summed E-state index contributed by atoms with van der Waals surface area (Å²) in [6, 6.07) is 37.9. The second-order valence-electron chi connectivity index (χ2n) is 12.8. The van der Waals surface area contributed by atoms with Gasteiger partial charge in [-0.25, -0.2) is 0 Å². The van der Waals surface area contributed by atoms with Gasteiger partial charge in [0.25, 0.3) is 0 Å². The molecule has 0 saturated heterocycles. The molecule has 296 valence electrons. The zero-order valence-corrected chi connectivity index (χ0v) is 31.8. The third-order valence-corrected chi connectivity index (χ3v) is 7.42. The maximum atomic E-state index is 10.8. The van der Waals surface area contributed by atoms with Gasteiger partial charge in [0.15, 0.2) is 11.9 Å². The van der Waals surface area contributed by atoms with Gasteiger partial charge in [-0.3, -0.25) is 4.79 Å². The van der Waals surface area contributed by atoms with Crippen LogP contribution in [0.4, 0.5) is 0 Å². The van der Waals surface area contributed by atoms with Gasteiger partial charge < -0.3 is 34.3 Å². The van der Waals surface area contributed by atoms with Crippen LogP contribution < -0.4 is 18.9 Å². The lowest BCUT2D eigenvalue weighted by atomic mass is 10.0. The standard InChI is InChI=1S/2C12H18O2.C10H12O2.C9H12O2.2CH4/c2*1-9(2)12(13)10(3)14-11-7-5-4-6-8-11;1-8(11)9(2)12-10-6-4-3-5-7-10;1-8(7-10)11-9-5-3-2-4-6-9;;/h2*4-10,12-13H,1-3H3;3-7,9H,1-2H3;2-6,8,10H,7H2,1H3;2*1H4/t10-,12+;10-,12-;9-;8-;;/m0000../s1. The van der Waals surface area contributed by atoms with Crippen molar-refractivity contribution >= 4 is 5.78 Å². The van der Waals surface area contributed by atoms with Crippen LogP contribution in [0, 0.1) is 11.8 Å². The molecule has 0 unspecified atom stereocenters. The lowest BCUT2D eigenvalue weighted by Gasteiger charge is -2.23. The summed E-state index contributed by atoms with van der Waals surface area (Å²) in [6.45, 7) is 16.8. The molecular formula is C45H68O8. The normalized spacial score (nSPS) is 13.4. The van der Waals surface area contributed by atoms with Crippen molar-refractivity contribution in [2.24, 2.45) is 11.8 Å². The van der Waals surface area contributed by atoms with E-state index in [1.807, 2.05) is 170 Å². The van der Waals surface area contributed by atoms with Gasteiger partial charge in [-0.1, -0.05) is 115 Å². The van der Waals surface area contributed by atoms with Gasteiger partial charge in [-0.05, 0) is 95.0 Å².